The molecule has 1 amide bonds. The van der Waals surface area contributed by atoms with Gasteiger partial charge in [-0.05, 0) is 66.6 Å². The highest BCUT2D eigenvalue weighted by atomic mass is 79.9. The lowest BCUT2D eigenvalue weighted by Gasteiger charge is -2.27. The summed E-state index contributed by atoms with van der Waals surface area (Å²) in [6.45, 7) is 1.91. The molecule has 0 spiro atoms. The fourth-order valence-electron chi connectivity index (χ4n) is 3.89. The molecule has 3 aromatic carbocycles. The number of benzene rings is 3. The van der Waals surface area contributed by atoms with Crippen LogP contribution < -0.4 is 9.64 Å². The number of aromatic hydroxyl groups is 1. The third-order valence-corrected chi connectivity index (χ3v) is 6.49. The first kappa shape index (κ1) is 21.8. The smallest absolute Gasteiger partial charge is 0.295 e. The molecule has 1 heterocycles. The molecular weight excluding hydrogens is 474 g/mol. The molecule has 4 rings (SSSR count). The number of ketones is 2. The fraction of sp³-hybridized carbons (Fsp3) is 0.160. The van der Waals surface area contributed by atoms with E-state index in [1.807, 2.05) is 13.0 Å². The van der Waals surface area contributed by atoms with E-state index in [0.717, 1.165) is 10.0 Å². The highest BCUT2D eigenvalue weighted by molar-refractivity contribution is 9.10. The van der Waals surface area contributed by atoms with E-state index in [1.54, 1.807) is 48.5 Å². The zero-order valence-corrected chi connectivity index (χ0v) is 19.0. The number of phenols is 1. The number of halogens is 1. The average molecular weight is 494 g/mol. The number of ether oxygens (including phenoxy) is 1. The summed E-state index contributed by atoms with van der Waals surface area (Å²) < 4.78 is 5.92. The van der Waals surface area contributed by atoms with Crippen molar-refractivity contribution in [3.05, 3.63) is 87.9 Å². The molecule has 0 radical (unpaired) electrons. The van der Waals surface area contributed by atoms with Crippen molar-refractivity contribution in [2.45, 2.75) is 13.0 Å². The molecule has 1 aliphatic heterocycles. The minimum absolute atomic E-state index is 0.0482. The first-order chi connectivity index (χ1) is 15.3. The zero-order valence-electron chi connectivity index (χ0n) is 17.4. The molecule has 0 bridgehead atoms. The number of hydrogen-bond acceptors (Lipinski definition) is 5. The van der Waals surface area contributed by atoms with Crippen LogP contribution in [0.5, 0.6) is 11.5 Å². The van der Waals surface area contributed by atoms with E-state index < -0.39 is 29.4 Å². The van der Waals surface area contributed by atoms with Crippen molar-refractivity contribution in [3.63, 3.8) is 0 Å². The summed E-state index contributed by atoms with van der Waals surface area (Å²) in [4.78, 5) is 41.1. The van der Waals surface area contributed by atoms with Crippen LogP contribution in [0, 0.1) is 12.8 Å². The maximum Gasteiger partial charge on any atom is 0.295 e. The van der Waals surface area contributed by atoms with Crippen molar-refractivity contribution >= 4 is 39.1 Å². The highest BCUT2D eigenvalue weighted by Crippen LogP contribution is 2.42. The lowest BCUT2D eigenvalue weighted by molar-refractivity contribution is -0.135. The normalized spacial score (nSPS) is 18.2. The van der Waals surface area contributed by atoms with E-state index in [-0.39, 0.29) is 5.75 Å². The summed E-state index contributed by atoms with van der Waals surface area (Å²) in [5.74, 6) is -2.55. The average Bonchev–Trinajstić information content (AvgIpc) is 3.06. The van der Waals surface area contributed by atoms with Gasteiger partial charge in [0.1, 0.15) is 17.4 Å². The van der Waals surface area contributed by atoms with Gasteiger partial charge in [-0.3, -0.25) is 19.3 Å². The van der Waals surface area contributed by atoms with Gasteiger partial charge < -0.3 is 9.84 Å². The van der Waals surface area contributed by atoms with Gasteiger partial charge in [0.05, 0.1) is 13.2 Å². The molecule has 1 fully saturated rings. The number of Topliss-reactive ketones (excluding diaryl/α,β-unsaturated/α-hetero) is 2. The van der Waals surface area contributed by atoms with Gasteiger partial charge in [-0.2, -0.15) is 0 Å². The number of methoxy groups -OCH3 is 1. The molecule has 0 saturated carbocycles. The Labute approximate surface area is 193 Å². The molecule has 0 aliphatic carbocycles. The van der Waals surface area contributed by atoms with Gasteiger partial charge in [0.25, 0.3) is 5.91 Å². The summed E-state index contributed by atoms with van der Waals surface area (Å²) in [5, 5.41) is 9.72. The third kappa shape index (κ3) is 3.80. The summed E-state index contributed by atoms with van der Waals surface area (Å²) in [6, 6.07) is 17.1. The molecule has 1 N–H and O–H groups in total. The Morgan fingerprint density at radius 3 is 2.25 bits per heavy atom. The van der Waals surface area contributed by atoms with Crippen LogP contribution in [0.1, 0.15) is 27.5 Å². The Bertz CT molecular complexity index is 1200. The Kier molecular flexibility index (Phi) is 5.84. The number of hydrogen-bond donors (Lipinski definition) is 1. The summed E-state index contributed by atoms with van der Waals surface area (Å²) in [5.41, 5.74) is 2.36. The zero-order chi connectivity index (χ0) is 23.0. The minimum atomic E-state index is -1.22. The number of carbonyl (C=O) groups excluding carboxylic acids is 3. The van der Waals surface area contributed by atoms with Crippen LogP contribution in [0.2, 0.25) is 0 Å². The van der Waals surface area contributed by atoms with E-state index in [4.69, 9.17) is 4.74 Å². The number of rotatable bonds is 5. The molecule has 1 saturated heterocycles. The molecule has 2 unspecified atom stereocenters. The van der Waals surface area contributed by atoms with Gasteiger partial charge in [0.2, 0.25) is 5.78 Å². The summed E-state index contributed by atoms with van der Waals surface area (Å²) in [6.07, 6.45) is 0. The topological polar surface area (TPSA) is 83.9 Å². The second kappa shape index (κ2) is 8.59. The molecule has 3 aromatic rings. The minimum Gasteiger partial charge on any atom is -0.508 e. The molecule has 1 aliphatic rings. The Balaban J connectivity index is 1.84. The molecule has 0 aromatic heterocycles. The monoisotopic (exact) mass is 493 g/mol. The number of amides is 1. The van der Waals surface area contributed by atoms with Crippen LogP contribution in [-0.2, 0) is 9.59 Å². The van der Waals surface area contributed by atoms with Crippen molar-refractivity contribution in [2.75, 3.05) is 12.0 Å². The second-order valence-electron chi connectivity index (χ2n) is 7.58. The summed E-state index contributed by atoms with van der Waals surface area (Å²) >= 11 is 3.47. The quantitative estimate of drug-likeness (QED) is 0.318. The number of phenolic OH excluding ortho intramolecular Hbond substituents is 1. The Morgan fingerprint density at radius 2 is 1.66 bits per heavy atom. The van der Waals surface area contributed by atoms with Crippen LogP contribution in [-0.4, -0.2) is 29.7 Å². The van der Waals surface area contributed by atoms with Crippen molar-refractivity contribution in [1.29, 1.82) is 0 Å². The lowest BCUT2D eigenvalue weighted by Crippen LogP contribution is -2.30. The van der Waals surface area contributed by atoms with E-state index in [1.165, 1.54) is 24.1 Å². The van der Waals surface area contributed by atoms with E-state index in [2.05, 4.69) is 15.9 Å². The van der Waals surface area contributed by atoms with Gasteiger partial charge in [-0.25, -0.2) is 0 Å². The Hall–Kier alpha value is -3.45. The Morgan fingerprint density at radius 1 is 1.00 bits per heavy atom. The van der Waals surface area contributed by atoms with Crippen LogP contribution in [0.15, 0.2) is 71.2 Å². The van der Waals surface area contributed by atoms with Crippen LogP contribution in [0.4, 0.5) is 5.69 Å². The predicted molar refractivity (Wildman–Crippen MR) is 123 cm³/mol. The van der Waals surface area contributed by atoms with Crippen LogP contribution >= 0.6 is 15.9 Å². The highest BCUT2D eigenvalue weighted by Gasteiger charge is 2.52. The first-order valence-corrected chi connectivity index (χ1v) is 10.7. The van der Waals surface area contributed by atoms with Crippen LogP contribution in [0.3, 0.4) is 0 Å². The van der Waals surface area contributed by atoms with Crippen LogP contribution in [0.25, 0.3) is 0 Å². The fourth-order valence-corrected chi connectivity index (χ4v) is 4.26. The molecular formula is C25H20BrNO5. The van der Waals surface area contributed by atoms with Crippen molar-refractivity contribution in [3.8, 4) is 11.5 Å². The van der Waals surface area contributed by atoms with Crippen molar-refractivity contribution < 1.29 is 24.2 Å². The SMILES string of the molecule is COc1ccc(C(=O)C2C(=O)C(=O)N(c3ccc(C)c(Br)c3)C2c2ccc(O)cc2)cc1. The molecule has 6 nitrogen and oxygen atoms in total. The van der Waals surface area contributed by atoms with E-state index >= 15 is 0 Å². The van der Waals surface area contributed by atoms with Crippen molar-refractivity contribution in [2.24, 2.45) is 5.92 Å². The maximum atomic E-state index is 13.5. The number of anilines is 1. The molecule has 162 valence electrons. The number of nitrogens with zero attached hydrogens (tertiary/aromatic N) is 1. The van der Waals surface area contributed by atoms with Gasteiger partial charge in [0, 0.05) is 15.7 Å². The molecule has 2 atom stereocenters. The lowest BCUT2D eigenvalue weighted by atomic mass is 9.86. The van der Waals surface area contributed by atoms with Gasteiger partial charge in [-0.15, -0.1) is 0 Å². The number of aryl methyl sites for hydroxylation is 1. The first-order valence-electron chi connectivity index (χ1n) is 9.92. The van der Waals surface area contributed by atoms with E-state index in [0.29, 0.717) is 22.6 Å². The van der Waals surface area contributed by atoms with Gasteiger partial charge >= 0.3 is 0 Å². The van der Waals surface area contributed by atoms with Gasteiger partial charge in [0.15, 0.2) is 5.78 Å². The largest absolute Gasteiger partial charge is 0.508 e. The third-order valence-electron chi connectivity index (χ3n) is 5.63. The maximum absolute atomic E-state index is 13.5. The van der Waals surface area contributed by atoms with Gasteiger partial charge in [-0.1, -0.05) is 34.1 Å². The van der Waals surface area contributed by atoms with Crippen molar-refractivity contribution in [1.82, 2.24) is 0 Å². The molecule has 32 heavy (non-hydrogen) atoms. The summed E-state index contributed by atoms with van der Waals surface area (Å²) in [7, 11) is 1.52. The standard InChI is InChI=1S/C25H20BrNO5/c1-14-3-8-17(13-20(14)26)27-22(15-4-9-18(28)10-5-15)21(24(30)25(27)31)23(29)16-6-11-19(32-2)12-7-16/h3-13,21-22,28H,1-2H3. The second-order valence-corrected chi connectivity index (χ2v) is 8.43. The predicted octanol–water partition coefficient (Wildman–Crippen LogP) is 4.63. The molecule has 7 heteroatoms. The van der Waals surface area contributed by atoms with E-state index in [9.17, 15) is 19.5 Å². The number of carbonyl (C=O) groups is 3.